The molecule has 0 bridgehead atoms. The predicted molar refractivity (Wildman–Crippen MR) is 80.6 cm³/mol. The molecule has 1 unspecified atom stereocenters. The Morgan fingerprint density at radius 3 is 2.75 bits per heavy atom. The first-order valence-corrected chi connectivity index (χ1v) is 7.23. The van der Waals surface area contributed by atoms with Crippen molar-refractivity contribution in [2.24, 2.45) is 0 Å². The molecule has 0 fully saturated rings. The first-order valence-electron chi connectivity index (χ1n) is 7.23. The van der Waals surface area contributed by atoms with E-state index >= 15 is 0 Å². The molecule has 2 heterocycles. The van der Waals surface area contributed by atoms with Crippen LogP contribution in [0.2, 0.25) is 0 Å². The molecular formula is C16H21N3O. The number of nitrogens with one attached hydrogen (secondary N) is 1. The summed E-state index contributed by atoms with van der Waals surface area (Å²) in [7, 11) is 0. The Balaban J connectivity index is 1.94. The molecule has 0 amide bonds. The van der Waals surface area contributed by atoms with Crippen LogP contribution in [0.15, 0.2) is 24.3 Å². The van der Waals surface area contributed by atoms with E-state index in [9.17, 15) is 0 Å². The van der Waals surface area contributed by atoms with Crippen LogP contribution in [0.5, 0.6) is 5.75 Å². The van der Waals surface area contributed by atoms with E-state index < -0.39 is 0 Å². The minimum Gasteiger partial charge on any atom is -0.494 e. The second-order valence-corrected chi connectivity index (χ2v) is 5.24. The fourth-order valence-electron chi connectivity index (χ4n) is 2.78. The Bertz CT molecular complexity index is 601. The summed E-state index contributed by atoms with van der Waals surface area (Å²) in [5.74, 6) is 2.09. The van der Waals surface area contributed by atoms with Gasteiger partial charge in [-0.2, -0.15) is 5.10 Å². The number of fused-ring (bicyclic) bond motifs is 1. The molecule has 0 saturated carbocycles. The quantitative estimate of drug-likeness (QED) is 0.931. The minimum absolute atomic E-state index is 0.314. The Kier molecular flexibility index (Phi) is 3.38. The zero-order valence-corrected chi connectivity index (χ0v) is 12.3. The smallest absolute Gasteiger partial charge is 0.128 e. The van der Waals surface area contributed by atoms with E-state index in [1.807, 2.05) is 19.1 Å². The highest BCUT2D eigenvalue weighted by atomic mass is 16.5. The third-order valence-electron chi connectivity index (χ3n) is 3.97. The van der Waals surface area contributed by atoms with Crippen LogP contribution in [0.25, 0.3) is 0 Å². The van der Waals surface area contributed by atoms with Crippen molar-refractivity contribution in [3.8, 4) is 5.75 Å². The highest BCUT2D eigenvalue weighted by molar-refractivity contribution is 5.49. The Labute approximate surface area is 119 Å². The number of hydrogen-bond acceptors (Lipinski definition) is 3. The number of hydrogen-bond donors (Lipinski definition) is 1. The largest absolute Gasteiger partial charge is 0.494 e. The maximum absolute atomic E-state index is 5.51. The third-order valence-corrected chi connectivity index (χ3v) is 3.97. The molecule has 0 spiro atoms. The molecule has 1 aromatic carbocycles. The number of aromatic nitrogens is 2. The molecule has 2 aromatic rings. The fourth-order valence-corrected chi connectivity index (χ4v) is 2.78. The fraction of sp³-hybridized carbons (Fsp3) is 0.438. The summed E-state index contributed by atoms with van der Waals surface area (Å²) in [6.45, 7) is 7.89. The van der Waals surface area contributed by atoms with Crippen LogP contribution in [-0.4, -0.2) is 22.9 Å². The van der Waals surface area contributed by atoms with Gasteiger partial charge in [0.25, 0.3) is 0 Å². The molecule has 1 aromatic heterocycles. The van der Waals surface area contributed by atoms with Crippen molar-refractivity contribution in [3.05, 3.63) is 41.1 Å². The highest BCUT2D eigenvalue weighted by Gasteiger charge is 2.24. The number of nitrogens with zero attached hydrogens (tertiary/aromatic N) is 2. The number of aryl methyl sites for hydroxylation is 1. The van der Waals surface area contributed by atoms with Gasteiger partial charge in [0.2, 0.25) is 0 Å². The van der Waals surface area contributed by atoms with Crippen molar-refractivity contribution in [2.75, 3.05) is 18.5 Å². The average molecular weight is 271 g/mol. The average Bonchev–Trinajstić information content (AvgIpc) is 2.76. The summed E-state index contributed by atoms with van der Waals surface area (Å²) in [6.07, 6.45) is 1.06. The molecule has 20 heavy (non-hydrogen) atoms. The van der Waals surface area contributed by atoms with Gasteiger partial charge in [-0.15, -0.1) is 0 Å². The lowest BCUT2D eigenvalue weighted by Crippen LogP contribution is -2.24. The molecule has 1 aliphatic heterocycles. The molecule has 0 aliphatic carbocycles. The van der Waals surface area contributed by atoms with Crippen molar-refractivity contribution in [1.82, 2.24) is 9.78 Å². The van der Waals surface area contributed by atoms with Crippen LogP contribution in [-0.2, 0) is 0 Å². The molecule has 0 radical (unpaired) electrons. The molecular weight excluding hydrogens is 250 g/mol. The van der Waals surface area contributed by atoms with Crippen molar-refractivity contribution < 1.29 is 4.74 Å². The van der Waals surface area contributed by atoms with E-state index in [1.165, 1.54) is 11.1 Å². The van der Waals surface area contributed by atoms with E-state index in [0.29, 0.717) is 12.6 Å². The first-order chi connectivity index (χ1) is 9.70. The van der Waals surface area contributed by atoms with Crippen LogP contribution in [0.1, 0.15) is 36.2 Å². The molecule has 106 valence electrons. The third kappa shape index (κ3) is 2.15. The van der Waals surface area contributed by atoms with Crippen LogP contribution in [0.3, 0.4) is 0 Å². The molecule has 1 aliphatic rings. The molecule has 4 heteroatoms. The van der Waals surface area contributed by atoms with Crippen molar-refractivity contribution in [3.63, 3.8) is 0 Å². The van der Waals surface area contributed by atoms with Crippen molar-refractivity contribution in [1.29, 1.82) is 0 Å². The first kappa shape index (κ1) is 13.0. The topological polar surface area (TPSA) is 39.1 Å². The zero-order valence-electron chi connectivity index (χ0n) is 12.3. The second-order valence-electron chi connectivity index (χ2n) is 5.24. The summed E-state index contributed by atoms with van der Waals surface area (Å²) in [5.41, 5.74) is 3.64. The maximum atomic E-state index is 5.51. The maximum Gasteiger partial charge on any atom is 0.128 e. The van der Waals surface area contributed by atoms with Gasteiger partial charge in [0, 0.05) is 12.1 Å². The number of benzene rings is 1. The van der Waals surface area contributed by atoms with E-state index in [2.05, 4.69) is 36.0 Å². The lowest BCUT2D eigenvalue weighted by atomic mass is 10.0. The van der Waals surface area contributed by atoms with Gasteiger partial charge in [-0.25, -0.2) is 4.68 Å². The predicted octanol–water partition coefficient (Wildman–Crippen LogP) is 3.30. The van der Waals surface area contributed by atoms with E-state index in [0.717, 1.165) is 30.2 Å². The monoisotopic (exact) mass is 271 g/mol. The van der Waals surface area contributed by atoms with Crippen LogP contribution >= 0.6 is 0 Å². The summed E-state index contributed by atoms with van der Waals surface area (Å²) in [4.78, 5) is 0. The standard InChI is InChI=1S/C16H21N3O/c1-4-20-14-7-5-13(6-8-14)15-9-10-17-16-11(2)12(3)18-19(15)16/h5-8,15,17H,4,9-10H2,1-3H3. The minimum atomic E-state index is 0.314. The number of ether oxygens (including phenoxy) is 1. The number of rotatable bonds is 3. The van der Waals surface area contributed by atoms with E-state index in [-0.39, 0.29) is 0 Å². The molecule has 1 N–H and O–H groups in total. The Morgan fingerprint density at radius 1 is 1.30 bits per heavy atom. The van der Waals surface area contributed by atoms with Gasteiger partial charge >= 0.3 is 0 Å². The lowest BCUT2D eigenvalue weighted by Gasteiger charge is -2.26. The Hall–Kier alpha value is -1.97. The lowest BCUT2D eigenvalue weighted by molar-refractivity contribution is 0.340. The van der Waals surface area contributed by atoms with Gasteiger partial charge in [-0.3, -0.25) is 0 Å². The van der Waals surface area contributed by atoms with Gasteiger partial charge in [0.1, 0.15) is 11.6 Å². The Morgan fingerprint density at radius 2 is 2.05 bits per heavy atom. The van der Waals surface area contributed by atoms with Gasteiger partial charge in [0.05, 0.1) is 18.3 Å². The molecule has 4 nitrogen and oxygen atoms in total. The van der Waals surface area contributed by atoms with Gasteiger partial charge < -0.3 is 10.1 Å². The van der Waals surface area contributed by atoms with E-state index in [4.69, 9.17) is 9.84 Å². The highest BCUT2D eigenvalue weighted by Crippen LogP contribution is 2.33. The van der Waals surface area contributed by atoms with Crippen LogP contribution in [0.4, 0.5) is 5.82 Å². The molecule has 0 saturated heterocycles. The van der Waals surface area contributed by atoms with Gasteiger partial charge in [-0.05, 0) is 44.9 Å². The van der Waals surface area contributed by atoms with E-state index in [1.54, 1.807) is 0 Å². The van der Waals surface area contributed by atoms with Crippen LogP contribution in [0, 0.1) is 13.8 Å². The summed E-state index contributed by atoms with van der Waals surface area (Å²) in [5, 5.41) is 8.15. The SMILES string of the molecule is CCOc1ccc(C2CCNc3c(C)c(C)nn32)cc1. The van der Waals surface area contributed by atoms with Crippen molar-refractivity contribution >= 4 is 5.82 Å². The summed E-state index contributed by atoms with van der Waals surface area (Å²) < 4.78 is 7.63. The van der Waals surface area contributed by atoms with Crippen molar-refractivity contribution in [2.45, 2.75) is 33.2 Å². The zero-order chi connectivity index (χ0) is 14.1. The molecule has 3 rings (SSSR count). The second kappa shape index (κ2) is 5.19. The summed E-state index contributed by atoms with van der Waals surface area (Å²) >= 11 is 0. The van der Waals surface area contributed by atoms with Gasteiger partial charge in [0.15, 0.2) is 0 Å². The van der Waals surface area contributed by atoms with Gasteiger partial charge in [-0.1, -0.05) is 12.1 Å². The molecule has 1 atom stereocenters. The number of anilines is 1. The summed E-state index contributed by atoms with van der Waals surface area (Å²) in [6, 6.07) is 8.70. The normalized spacial score (nSPS) is 17.4. The van der Waals surface area contributed by atoms with Crippen LogP contribution < -0.4 is 10.1 Å².